The van der Waals surface area contributed by atoms with Crippen LogP contribution in [0.4, 0.5) is 28.8 Å². The molecule has 5 aliphatic rings. The highest BCUT2D eigenvalue weighted by Crippen LogP contribution is 2.35. The minimum absolute atomic E-state index is 0.0850. The number of halogens is 1. The third-order valence-electron chi connectivity index (χ3n) is 11.6. The first-order valence-electron chi connectivity index (χ1n) is 19.0. The average molecular weight is 783 g/mol. The molecule has 2 unspecified atom stereocenters. The number of nitrogens with one attached hydrogen (secondary N) is 3. The molecule has 0 bridgehead atoms. The van der Waals surface area contributed by atoms with Crippen molar-refractivity contribution in [2.24, 2.45) is 11.8 Å². The molecule has 0 spiro atoms. The second kappa shape index (κ2) is 15.1. The Kier molecular flexibility index (Phi) is 10.1. The number of piperidine rings is 2. The van der Waals surface area contributed by atoms with Crippen LogP contribution in [0.15, 0.2) is 42.6 Å². The number of piperazine rings is 1. The Bertz CT molecular complexity index is 2130. The minimum atomic E-state index is -0.981. The summed E-state index contributed by atoms with van der Waals surface area (Å²) in [5.74, 6) is -1.76. The van der Waals surface area contributed by atoms with Gasteiger partial charge in [-0.1, -0.05) is 11.6 Å². The number of fused-ring (bicyclic) bond motifs is 2. The smallest absolute Gasteiger partial charge is 0.262 e. The van der Waals surface area contributed by atoms with Gasteiger partial charge in [0.25, 0.3) is 11.8 Å². The molecule has 6 heterocycles. The molecule has 0 saturated carbocycles. The monoisotopic (exact) mass is 782 g/mol. The molecule has 3 N–H and O–H groups in total. The van der Waals surface area contributed by atoms with E-state index in [-0.39, 0.29) is 30.2 Å². The predicted molar refractivity (Wildman–Crippen MR) is 208 cm³/mol. The number of anilines is 5. The minimum Gasteiger partial charge on any atom is -0.371 e. The van der Waals surface area contributed by atoms with E-state index in [0.717, 1.165) is 86.2 Å². The Morgan fingerprint density at radius 2 is 1.66 bits per heavy atom. The summed E-state index contributed by atoms with van der Waals surface area (Å²) in [5, 5.41) is 8.51. The number of rotatable bonds is 8. The van der Waals surface area contributed by atoms with Crippen molar-refractivity contribution in [2.45, 2.75) is 38.1 Å². The van der Waals surface area contributed by atoms with Gasteiger partial charge in [0.15, 0.2) is 5.82 Å². The number of amides is 6. The molecule has 292 valence electrons. The van der Waals surface area contributed by atoms with Gasteiger partial charge in [-0.25, -0.2) is 4.98 Å². The zero-order valence-electron chi connectivity index (χ0n) is 31.2. The Morgan fingerprint density at radius 1 is 0.911 bits per heavy atom. The number of imide groups is 2. The van der Waals surface area contributed by atoms with Gasteiger partial charge in [-0.2, -0.15) is 4.98 Å². The van der Waals surface area contributed by atoms with E-state index in [1.54, 1.807) is 25.4 Å². The number of nitrogens with zero attached hydrogens (tertiary/aromatic N) is 7. The molecule has 0 radical (unpaired) electrons. The summed E-state index contributed by atoms with van der Waals surface area (Å²) in [4.78, 5) is 94.3. The summed E-state index contributed by atoms with van der Waals surface area (Å²) in [6.07, 6.45) is 4.09. The van der Waals surface area contributed by atoms with Crippen LogP contribution in [0, 0.1) is 11.8 Å². The van der Waals surface area contributed by atoms with E-state index >= 15 is 0 Å². The Morgan fingerprint density at radius 3 is 2.39 bits per heavy atom. The Balaban J connectivity index is 0.835. The van der Waals surface area contributed by atoms with Crippen molar-refractivity contribution >= 4 is 75.9 Å². The topological polar surface area (TPSA) is 180 Å². The maximum absolute atomic E-state index is 13.3. The van der Waals surface area contributed by atoms with Gasteiger partial charge in [-0.15, -0.1) is 0 Å². The second-order valence-electron chi connectivity index (χ2n) is 15.0. The first-order chi connectivity index (χ1) is 27.0. The third kappa shape index (κ3) is 7.02. The van der Waals surface area contributed by atoms with Gasteiger partial charge in [-0.3, -0.25) is 43.9 Å². The molecule has 0 aliphatic carbocycles. The molecular weight excluding hydrogens is 740 g/mol. The van der Waals surface area contributed by atoms with E-state index in [9.17, 15) is 28.8 Å². The molecule has 3 fully saturated rings. The van der Waals surface area contributed by atoms with Crippen molar-refractivity contribution in [2.75, 3.05) is 79.9 Å². The van der Waals surface area contributed by atoms with E-state index < -0.39 is 35.6 Å². The maximum atomic E-state index is 13.3. The lowest BCUT2D eigenvalue weighted by Gasteiger charge is -2.39. The highest BCUT2D eigenvalue weighted by atomic mass is 35.5. The predicted octanol–water partition coefficient (Wildman–Crippen LogP) is 2.19. The molecule has 6 amide bonds. The van der Waals surface area contributed by atoms with Gasteiger partial charge in [0.05, 0.1) is 17.3 Å². The number of carbonyl (C=O) groups is 6. The highest BCUT2D eigenvalue weighted by molar-refractivity contribution is 6.33. The molecule has 2 atom stereocenters. The van der Waals surface area contributed by atoms with E-state index in [4.69, 9.17) is 16.6 Å². The van der Waals surface area contributed by atoms with Crippen LogP contribution in [0.25, 0.3) is 0 Å². The molecule has 3 saturated heterocycles. The summed E-state index contributed by atoms with van der Waals surface area (Å²) in [7, 11) is 3.20. The van der Waals surface area contributed by atoms with Crippen LogP contribution in [-0.2, 0) is 25.6 Å². The fourth-order valence-corrected chi connectivity index (χ4v) is 8.59. The summed E-state index contributed by atoms with van der Waals surface area (Å²) in [6.45, 7) is 5.88. The number of hydrogen-bond donors (Lipinski definition) is 3. The molecule has 2 aromatic carbocycles. The molecule has 5 aliphatic heterocycles. The van der Waals surface area contributed by atoms with Crippen LogP contribution in [0.1, 0.15) is 52.0 Å². The van der Waals surface area contributed by atoms with E-state index in [1.807, 2.05) is 24.3 Å². The van der Waals surface area contributed by atoms with Crippen molar-refractivity contribution < 1.29 is 28.8 Å². The van der Waals surface area contributed by atoms with Crippen LogP contribution in [0.5, 0.6) is 0 Å². The lowest BCUT2D eigenvalue weighted by molar-refractivity contribution is -0.137. The summed E-state index contributed by atoms with van der Waals surface area (Å²) in [6, 6.07) is 9.96. The largest absolute Gasteiger partial charge is 0.371 e. The van der Waals surface area contributed by atoms with E-state index in [1.165, 1.54) is 11.9 Å². The molecular formula is C39H43ClN10O6. The summed E-state index contributed by atoms with van der Waals surface area (Å²) < 4.78 is 0. The molecule has 3 aromatic rings. The van der Waals surface area contributed by atoms with Gasteiger partial charge < -0.3 is 25.3 Å². The number of aromatic nitrogens is 2. The van der Waals surface area contributed by atoms with Crippen molar-refractivity contribution in [3.63, 3.8) is 0 Å². The van der Waals surface area contributed by atoms with Gasteiger partial charge in [0, 0.05) is 83.4 Å². The average Bonchev–Trinajstić information content (AvgIpc) is 3.45. The summed E-state index contributed by atoms with van der Waals surface area (Å²) in [5.41, 5.74) is 3.83. The maximum Gasteiger partial charge on any atom is 0.262 e. The fourth-order valence-electron chi connectivity index (χ4n) is 8.45. The van der Waals surface area contributed by atoms with Gasteiger partial charge in [0.2, 0.25) is 29.6 Å². The SMILES string of the molecule is CNC(=O)C1Cc2cc(Nc3nc(N4CCN(CC5CCN(c6ccc7c(c6)C(=O)N(C6CCC(=O)NC6=O)C7=O)CC5)CC4)ncc3Cl)ccc2N(C)C1=O. The van der Waals surface area contributed by atoms with Crippen LogP contribution < -0.4 is 30.7 Å². The second-order valence-corrected chi connectivity index (χ2v) is 15.4. The Hall–Kier alpha value is -5.61. The van der Waals surface area contributed by atoms with Gasteiger partial charge >= 0.3 is 0 Å². The zero-order chi connectivity index (χ0) is 39.2. The lowest BCUT2D eigenvalue weighted by atomic mass is 9.91. The highest BCUT2D eigenvalue weighted by Gasteiger charge is 2.45. The number of carbonyl (C=O) groups excluding carboxylic acids is 6. The fraction of sp³-hybridized carbons (Fsp3) is 0.436. The third-order valence-corrected chi connectivity index (χ3v) is 11.9. The summed E-state index contributed by atoms with van der Waals surface area (Å²) >= 11 is 6.54. The van der Waals surface area contributed by atoms with Crippen molar-refractivity contribution in [1.29, 1.82) is 0 Å². The first kappa shape index (κ1) is 37.3. The van der Waals surface area contributed by atoms with Crippen LogP contribution in [0.3, 0.4) is 0 Å². The van der Waals surface area contributed by atoms with Crippen molar-refractivity contribution in [3.8, 4) is 0 Å². The molecule has 8 rings (SSSR count). The van der Waals surface area contributed by atoms with Crippen molar-refractivity contribution in [1.82, 2.24) is 30.4 Å². The zero-order valence-corrected chi connectivity index (χ0v) is 32.0. The quantitative estimate of drug-likeness (QED) is 0.224. The van der Waals surface area contributed by atoms with E-state index in [0.29, 0.717) is 34.7 Å². The molecule has 16 nitrogen and oxygen atoms in total. The number of hydrogen-bond acceptors (Lipinski definition) is 12. The van der Waals surface area contributed by atoms with Crippen LogP contribution in [0.2, 0.25) is 5.02 Å². The Labute approximate surface area is 328 Å². The van der Waals surface area contributed by atoms with Crippen LogP contribution in [-0.4, -0.2) is 121 Å². The lowest BCUT2D eigenvalue weighted by Crippen LogP contribution is -2.54. The first-order valence-corrected chi connectivity index (χ1v) is 19.4. The molecule has 17 heteroatoms. The molecule has 1 aromatic heterocycles. The standard InChI is InChI=1S/C39H43ClN10O6/c1-41-34(52)28-18-23-17-24(3-6-30(23)46(2)36(28)54)43-33-29(40)20-42-39(45-33)49-15-13-47(14-16-49)21-22-9-11-48(12-10-22)25-4-5-26-27(19-25)38(56)50(37(26)55)31-7-8-32(51)44-35(31)53/h3-6,17,19-20,22,28,31H,7-16,18,21H2,1-2H3,(H,41,52)(H,42,43,45)(H,44,51,53). The van der Waals surface area contributed by atoms with Gasteiger partial charge in [0.1, 0.15) is 17.0 Å². The normalized spacial score (nSPS) is 21.9. The van der Waals surface area contributed by atoms with Crippen LogP contribution >= 0.6 is 11.6 Å². The van der Waals surface area contributed by atoms with E-state index in [2.05, 4.69) is 35.6 Å². The number of benzene rings is 2. The van der Waals surface area contributed by atoms with Gasteiger partial charge in [-0.05, 0) is 73.6 Å². The van der Waals surface area contributed by atoms with Crippen molar-refractivity contribution in [3.05, 3.63) is 64.3 Å². The molecule has 56 heavy (non-hydrogen) atoms.